The van der Waals surface area contributed by atoms with Crippen LogP contribution in [0.3, 0.4) is 0 Å². The number of aliphatic hydroxyl groups is 1. The molecule has 0 aliphatic heterocycles. The first-order valence-electron chi connectivity index (χ1n) is 4.88. The number of aliphatic hydroxyl groups excluding tert-OH is 1. The summed E-state index contributed by atoms with van der Waals surface area (Å²) in [5.74, 6) is -1.34. The van der Waals surface area contributed by atoms with Gasteiger partial charge < -0.3 is 14.6 Å². The summed E-state index contributed by atoms with van der Waals surface area (Å²) in [5.41, 5.74) is -0.156. The average molecular weight is 307 g/mol. The van der Waals surface area contributed by atoms with Crippen molar-refractivity contribution in [3.8, 4) is 5.75 Å². The minimum Gasteiger partial charge on any atom is -0.495 e. The van der Waals surface area contributed by atoms with Crippen LogP contribution in [0.25, 0.3) is 0 Å². The molecule has 0 aromatic heterocycles. The number of rotatable bonds is 4. The monoisotopic (exact) mass is 306 g/mol. The van der Waals surface area contributed by atoms with Gasteiger partial charge in [0.2, 0.25) is 0 Å². The summed E-state index contributed by atoms with van der Waals surface area (Å²) in [5, 5.41) is 9.61. The van der Waals surface area contributed by atoms with Gasteiger partial charge >= 0.3 is 5.97 Å². The summed E-state index contributed by atoms with van der Waals surface area (Å²) in [6.45, 7) is 1.72. The fraction of sp³-hybridized carbons (Fsp3) is 0.364. The predicted molar refractivity (Wildman–Crippen MR) is 62.2 cm³/mol. The average Bonchev–Trinajstić information content (AvgIpc) is 2.31. The molecule has 0 fully saturated rings. The third-order valence-electron chi connectivity index (χ3n) is 2.08. The highest BCUT2D eigenvalue weighted by Crippen LogP contribution is 2.31. The molecule has 1 atom stereocenters. The molecule has 1 rings (SSSR count). The SMILES string of the molecule is CCOC(=O)C(O)c1cc(Br)c(OC)cc1F. The van der Waals surface area contributed by atoms with Crippen LogP contribution in [-0.4, -0.2) is 24.8 Å². The van der Waals surface area contributed by atoms with Gasteiger partial charge in [0.15, 0.2) is 6.10 Å². The second-order valence-corrected chi connectivity index (χ2v) is 4.02. The van der Waals surface area contributed by atoms with Crippen molar-refractivity contribution in [3.63, 3.8) is 0 Å². The van der Waals surface area contributed by atoms with E-state index in [9.17, 15) is 14.3 Å². The number of hydrogen-bond acceptors (Lipinski definition) is 4. The van der Waals surface area contributed by atoms with Crippen LogP contribution >= 0.6 is 15.9 Å². The molecule has 0 bridgehead atoms. The van der Waals surface area contributed by atoms with Gasteiger partial charge in [0.25, 0.3) is 0 Å². The van der Waals surface area contributed by atoms with Crippen LogP contribution in [0.4, 0.5) is 4.39 Å². The van der Waals surface area contributed by atoms with E-state index in [-0.39, 0.29) is 17.9 Å². The van der Waals surface area contributed by atoms with Crippen molar-refractivity contribution in [2.24, 2.45) is 0 Å². The maximum absolute atomic E-state index is 13.6. The topological polar surface area (TPSA) is 55.8 Å². The molecule has 0 heterocycles. The van der Waals surface area contributed by atoms with Crippen LogP contribution in [0.5, 0.6) is 5.75 Å². The first-order chi connectivity index (χ1) is 8.01. The summed E-state index contributed by atoms with van der Waals surface area (Å²) in [7, 11) is 1.39. The van der Waals surface area contributed by atoms with Gasteiger partial charge in [-0.05, 0) is 28.9 Å². The van der Waals surface area contributed by atoms with Gasteiger partial charge in [-0.3, -0.25) is 0 Å². The molecule has 0 aliphatic carbocycles. The van der Waals surface area contributed by atoms with Gasteiger partial charge in [-0.1, -0.05) is 0 Å². The molecule has 0 saturated heterocycles. The minimum atomic E-state index is -1.64. The molecule has 1 N–H and O–H groups in total. The fourth-order valence-electron chi connectivity index (χ4n) is 1.26. The number of hydrogen-bond donors (Lipinski definition) is 1. The van der Waals surface area contributed by atoms with Crippen LogP contribution in [0.2, 0.25) is 0 Å². The van der Waals surface area contributed by atoms with E-state index in [1.54, 1.807) is 6.92 Å². The molecular formula is C11H12BrFO4. The second-order valence-electron chi connectivity index (χ2n) is 3.16. The summed E-state index contributed by atoms with van der Waals surface area (Å²) < 4.78 is 23.5. The van der Waals surface area contributed by atoms with E-state index in [1.807, 2.05) is 0 Å². The zero-order chi connectivity index (χ0) is 13.0. The molecule has 0 amide bonds. The first-order valence-corrected chi connectivity index (χ1v) is 5.68. The normalized spacial score (nSPS) is 12.1. The fourth-order valence-corrected chi connectivity index (χ4v) is 1.78. The molecule has 94 valence electrons. The highest BCUT2D eigenvalue weighted by Gasteiger charge is 2.23. The molecule has 6 heteroatoms. The molecule has 0 spiro atoms. The first kappa shape index (κ1) is 13.9. The summed E-state index contributed by atoms with van der Waals surface area (Å²) in [4.78, 5) is 11.3. The summed E-state index contributed by atoms with van der Waals surface area (Å²) in [6, 6.07) is 2.37. The van der Waals surface area contributed by atoms with Crippen molar-refractivity contribution in [1.82, 2.24) is 0 Å². The van der Waals surface area contributed by atoms with E-state index in [2.05, 4.69) is 20.7 Å². The third-order valence-corrected chi connectivity index (χ3v) is 2.70. The molecule has 17 heavy (non-hydrogen) atoms. The van der Waals surface area contributed by atoms with Crippen LogP contribution in [0.15, 0.2) is 16.6 Å². The van der Waals surface area contributed by atoms with Crippen LogP contribution in [0, 0.1) is 5.82 Å². The zero-order valence-electron chi connectivity index (χ0n) is 9.37. The Morgan fingerprint density at radius 1 is 1.59 bits per heavy atom. The van der Waals surface area contributed by atoms with Gasteiger partial charge in [0.05, 0.1) is 18.2 Å². The van der Waals surface area contributed by atoms with Crippen LogP contribution < -0.4 is 4.74 Å². The Morgan fingerprint density at radius 3 is 2.76 bits per heavy atom. The highest BCUT2D eigenvalue weighted by atomic mass is 79.9. The Labute approximate surface area is 106 Å². The quantitative estimate of drug-likeness (QED) is 0.866. The zero-order valence-corrected chi connectivity index (χ0v) is 11.0. The maximum Gasteiger partial charge on any atom is 0.339 e. The lowest BCUT2D eigenvalue weighted by Gasteiger charge is -2.12. The van der Waals surface area contributed by atoms with Crippen LogP contribution in [0.1, 0.15) is 18.6 Å². The van der Waals surface area contributed by atoms with Crippen molar-refractivity contribution in [2.45, 2.75) is 13.0 Å². The van der Waals surface area contributed by atoms with Gasteiger partial charge in [0.1, 0.15) is 11.6 Å². The molecular weight excluding hydrogens is 295 g/mol. The van der Waals surface area contributed by atoms with Crippen LogP contribution in [-0.2, 0) is 9.53 Å². The van der Waals surface area contributed by atoms with Gasteiger partial charge in [-0.25, -0.2) is 9.18 Å². The third kappa shape index (κ3) is 3.17. The Morgan fingerprint density at radius 2 is 2.24 bits per heavy atom. The largest absolute Gasteiger partial charge is 0.495 e. The van der Waals surface area contributed by atoms with Crippen molar-refractivity contribution < 1.29 is 23.8 Å². The Balaban J connectivity index is 3.06. The van der Waals surface area contributed by atoms with Gasteiger partial charge in [-0.2, -0.15) is 0 Å². The molecule has 4 nitrogen and oxygen atoms in total. The second kappa shape index (κ2) is 5.97. The lowest BCUT2D eigenvalue weighted by molar-refractivity contribution is -0.153. The number of carbonyl (C=O) groups is 1. The number of benzene rings is 1. The lowest BCUT2D eigenvalue weighted by atomic mass is 10.1. The maximum atomic E-state index is 13.6. The van der Waals surface area contributed by atoms with Crippen molar-refractivity contribution in [3.05, 3.63) is 28.0 Å². The van der Waals surface area contributed by atoms with Gasteiger partial charge in [-0.15, -0.1) is 0 Å². The smallest absolute Gasteiger partial charge is 0.339 e. The lowest BCUT2D eigenvalue weighted by Crippen LogP contribution is -2.16. The Hall–Kier alpha value is -1.14. The molecule has 1 aromatic carbocycles. The summed E-state index contributed by atoms with van der Waals surface area (Å²) >= 11 is 3.14. The number of halogens is 2. The van der Waals surface area contributed by atoms with E-state index in [1.165, 1.54) is 13.2 Å². The molecule has 1 aromatic rings. The van der Waals surface area contributed by atoms with Crippen molar-refractivity contribution in [2.75, 3.05) is 13.7 Å². The van der Waals surface area contributed by atoms with E-state index in [0.717, 1.165) is 6.07 Å². The molecule has 0 saturated carbocycles. The molecule has 0 radical (unpaired) electrons. The van der Waals surface area contributed by atoms with E-state index in [0.29, 0.717) is 4.47 Å². The van der Waals surface area contributed by atoms with E-state index < -0.39 is 17.9 Å². The Bertz CT molecular complexity index is 422. The standard InChI is InChI=1S/C11H12BrFO4/c1-3-17-11(15)10(14)6-4-7(12)9(16-2)5-8(6)13/h4-5,10,14H,3H2,1-2H3. The predicted octanol–water partition coefficient (Wildman–Crippen LogP) is 2.19. The van der Waals surface area contributed by atoms with Crippen molar-refractivity contribution in [1.29, 1.82) is 0 Å². The van der Waals surface area contributed by atoms with Gasteiger partial charge in [0, 0.05) is 11.6 Å². The molecule has 0 aliphatic rings. The van der Waals surface area contributed by atoms with Crippen molar-refractivity contribution >= 4 is 21.9 Å². The number of methoxy groups -OCH3 is 1. The van der Waals surface area contributed by atoms with E-state index in [4.69, 9.17) is 4.74 Å². The summed E-state index contributed by atoms with van der Waals surface area (Å²) in [6.07, 6.45) is -1.64. The molecule has 1 unspecified atom stereocenters. The highest BCUT2D eigenvalue weighted by molar-refractivity contribution is 9.10. The number of carbonyl (C=O) groups excluding carboxylic acids is 1. The number of esters is 1. The minimum absolute atomic E-state index is 0.120. The number of ether oxygens (including phenoxy) is 2. The Kier molecular flexibility index (Phi) is 4.89. The van der Waals surface area contributed by atoms with E-state index >= 15 is 0 Å².